The lowest BCUT2D eigenvalue weighted by Gasteiger charge is -2.14. The summed E-state index contributed by atoms with van der Waals surface area (Å²) in [5.74, 6) is 0.279. The van der Waals surface area contributed by atoms with Crippen LogP contribution >= 0.6 is 23.2 Å². The van der Waals surface area contributed by atoms with Gasteiger partial charge in [-0.1, -0.05) is 23.7 Å². The van der Waals surface area contributed by atoms with E-state index in [1.807, 2.05) is 0 Å². The zero-order valence-electron chi connectivity index (χ0n) is 11.0. The van der Waals surface area contributed by atoms with Crippen molar-refractivity contribution >= 4 is 23.2 Å². The van der Waals surface area contributed by atoms with Crippen LogP contribution in [0.15, 0.2) is 36.4 Å². The first-order chi connectivity index (χ1) is 9.81. The normalized spacial score (nSPS) is 11.5. The molecule has 0 unspecified atom stereocenters. The van der Waals surface area contributed by atoms with E-state index in [4.69, 9.17) is 27.9 Å². The van der Waals surface area contributed by atoms with Crippen LogP contribution in [0.5, 0.6) is 11.5 Å². The van der Waals surface area contributed by atoms with Gasteiger partial charge in [0.25, 0.3) is 0 Å². The minimum atomic E-state index is -4.48. The van der Waals surface area contributed by atoms with Gasteiger partial charge in [0, 0.05) is 10.9 Å². The molecule has 0 bridgehead atoms. The van der Waals surface area contributed by atoms with Gasteiger partial charge in [-0.05, 0) is 42.3 Å². The number of halogens is 5. The van der Waals surface area contributed by atoms with E-state index in [2.05, 4.69) is 0 Å². The summed E-state index contributed by atoms with van der Waals surface area (Å²) in [6.07, 6.45) is -4.48. The van der Waals surface area contributed by atoms with Crippen molar-refractivity contribution in [1.29, 1.82) is 0 Å². The largest absolute Gasteiger partial charge is 0.457 e. The van der Waals surface area contributed by atoms with Gasteiger partial charge < -0.3 is 4.74 Å². The lowest BCUT2D eigenvalue weighted by atomic mass is 10.1. The Kier molecular flexibility index (Phi) is 4.69. The van der Waals surface area contributed by atoms with E-state index in [9.17, 15) is 13.2 Å². The van der Waals surface area contributed by atoms with Gasteiger partial charge in [-0.15, -0.1) is 11.6 Å². The highest BCUT2D eigenvalue weighted by atomic mass is 35.5. The van der Waals surface area contributed by atoms with Crippen LogP contribution in [0.3, 0.4) is 0 Å². The molecular formula is C15H11Cl2F3O. The Labute approximate surface area is 130 Å². The summed E-state index contributed by atoms with van der Waals surface area (Å²) in [5.41, 5.74) is -0.0107. The second-order valence-electron chi connectivity index (χ2n) is 4.46. The van der Waals surface area contributed by atoms with Crippen molar-refractivity contribution < 1.29 is 17.9 Å². The van der Waals surface area contributed by atoms with E-state index in [-0.39, 0.29) is 17.2 Å². The fourth-order valence-electron chi connectivity index (χ4n) is 1.81. The van der Waals surface area contributed by atoms with Crippen LogP contribution in [0, 0.1) is 6.92 Å². The van der Waals surface area contributed by atoms with Crippen molar-refractivity contribution in [2.45, 2.75) is 19.0 Å². The van der Waals surface area contributed by atoms with Crippen LogP contribution in [-0.2, 0) is 12.1 Å². The molecule has 0 amide bonds. The molecule has 2 aromatic rings. The van der Waals surface area contributed by atoms with E-state index in [1.165, 1.54) is 12.1 Å². The molecule has 6 heteroatoms. The first kappa shape index (κ1) is 16.0. The molecule has 112 valence electrons. The van der Waals surface area contributed by atoms with Crippen molar-refractivity contribution in [2.24, 2.45) is 0 Å². The van der Waals surface area contributed by atoms with Crippen molar-refractivity contribution in [3.63, 3.8) is 0 Å². The number of ether oxygens (including phenoxy) is 1. The van der Waals surface area contributed by atoms with Crippen LogP contribution in [0.1, 0.15) is 16.7 Å². The summed E-state index contributed by atoms with van der Waals surface area (Å²) < 4.78 is 44.4. The van der Waals surface area contributed by atoms with Gasteiger partial charge in [-0.3, -0.25) is 0 Å². The molecule has 0 radical (unpaired) electrons. The predicted octanol–water partition coefficient (Wildman–Crippen LogP) is 6.20. The quantitative estimate of drug-likeness (QED) is 0.607. The van der Waals surface area contributed by atoms with Gasteiger partial charge in [0.2, 0.25) is 0 Å². The molecule has 0 heterocycles. The van der Waals surface area contributed by atoms with Gasteiger partial charge in [-0.25, -0.2) is 0 Å². The average molecular weight is 335 g/mol. The molecule has 2 aromatic carbocycles. The van der Waals surface area contributed by atoms with Gasteiger partial charge in [0.15, 0.2) is 0 Å². The third-order valence-electron chi connectivity index (χ3n) is 2.91. The Hall–Kier alpha value is -1.39. The SMILES string of the molecule is Cc1ccc(Cl)cc1Oc1ccc(CCl)c(C(F)(F)F)c1. The van der Waals surface area contributed by atoms with E-state index < -0.39 is 11.7 Å². The number of alkyl halides is 4. The minimum Gasteiger partial charge on any atom is -0.457 e. The molecule has 0 N–H and O–H groups in total. The maximum Gasteiger partial charge on any atom is 0.416 e. The fraction of sp³-hybridized carbons (Fsp3) is 0.200. The molecule has 0 fully saturated rings. The number of hydrogen-bond acceptors (Lipinski definition) is 1. The van der Waals surface area contributed by atoms with E-state index in [0.717, 1.165) is 11.6 Å². The molecule has 0 aliphatic carbocycles. The van der Waals surface area contributed by atoms with Gasteiger partial charge >= 0.3 is 6.18 Å². The topological polar surface area (TPSA) is 9.23 Å². The number of rotatable bonds is 3. The predicted molar refractivity (Wildman–Crippen MR) is 77.3 cm³/mol. The fourth-order valence-corrected chi connectivity index (χ4v) is 2.21. The zero-order valence-corrected chi connectivity index (χ0v) is 12.5. The van der Waals surface area contributed by atoms with Gasteiger partial charge in [-0.2, -0.15) is 13.2 Å². The monoisotopic (exact) mass is 334 g/mol. The van der Waals surface area contributed by atoms with Crippen LogP contribution in [0.25, 0.3) is 0 Å². The maximum absolute atomic E-state index is 13.0. The Bertz CT molecular complexity index is 654. The molecule has 0 aromatic heterocycles. The molecule has 0 aliphatic rings. The Morgan fingerprint density at radius 2 is 1.81 bits per heavy atom. The lowest BCUT2D eigenvalue weighted by molar-refractivity contribution is -0.138. The highest BCUT2D eigenvalue weighted by Gasteiger charge is 2.33. The number of benzene rings is 2. The molecule has 2 rings (SSSR count). The molecular weight excluding hydrogens is 324 g/mol. The zero-order chi connectivity index (χ0) is 15.6. The minimum absolute atomic E-state index is 0.0133. The van der Waals surface area contributed by atoms with Crippen molar-refractivity contribution in [2.75, 3.05) is 0 Å². The standard InChI is InChI=1S/C15H11Cl2F3O/c1-9-2-4-11(17)6-14(9)21-12-5-3-10(8-16)13(7-12)15(18,19)20/h2-7H,8H2,1H3. The van der Waals surface area contributed by atoms with Crippen LogP contribution < -0.4 is 4.74 Å². The van der Waals surface area contributed by atoms with Crippen LogP contribution in [0.2, 0.25) is 5.02 Å². The van der Waals surface area contributed by atoms with Gasteiger partial charge in [0.05, 0.1) is 5.56 Å². The average Bonchev–Trinajstić information content (AvgIpc) is 2.42. The summed E-state index contributed by atoms with van der Waals surface area (Å²) in [4.78, 5) is 0. The molecule has 0 saturated heterocycles. The maximum atomic E-state index is 13.0. The summed E-state index contributed by atoms with van der Waals surface area (Å²) in [6, 6.07) is 8.67. The van der Waals surface area contributed by atoms with Crippen LogP contribution in [-0.4, -0.2) is 0 Å². The highest BCUT2D eigenvalue weighted by molar-refractivity contribution is 6.30. The first-order valence-electron chi connectivity index (χ1n) is 6.01. The molecule has 0 spiro atoms. The Balaban J connectivity index is 2.39. The second-order valence-corrected chi connectivity index (χ2v) is 5.17. The van der Waals surface area contributed by atoms with E-state index >= 15 is 0 Å². The van der Waals surface area contributed by atoms with Crippen molar-refractivity contribution in [3.8, 4) is 11.5 Å². The summed E-state index contributed by atoms with van der Waals surface area (Å²) in [7, 11) is 0. The van der Waals surface area contributed by atoms with Crippen molar-refractivity contribution in [1.82, 2.24) is 0 Å². The lowest BCUT2D eigenvalue weighted by Crippen LogP contribution is -2.08. The van der Waals surface area contributed by atoms with Gasteiger partial charge in [0.1, 0.15) is 11.5 Å². The summed E-state index contributed by atoms with van der Waals surface area (Å²) in [6.45, 7) is 1.78. The Morgan fingerprint density at radius 1 is 1.10 bits per heavy atom. The third-order valence-corrected chi connectivity index (χ3v) is 3.43. The number of hydrogen-bond donors (Lipinski definition) is 0. The molecule has 0 atom stereocenters. The molecule has 1 nitrogen and oxygen atoms in total. The first-order valence-corrected chi connectivity index (χ1v) is 6.92. The highest BCUT2D eigenvalue weighted by Crippen LogP contribution is 2.37. The number of aryl methyl sites for hydroxylation is 1. The molecule has 21 heavy (non-hydrogen) atoms. The second kappa shape index (κ2) is 6.16. The molecule has 0 aliphatic heterocycles. The Morgan fingerprint density at radius 3 is 2.43 bits per heavy atom. The third kappa shape index (κ3) is 3.83. The van der Waals surface area contributed by atoms with E-state index in [0.29, 0.717) is 10.8 Å². The molecule has 0 saturated carbocycles. The van der Waals surface area contributed by atoms with E-state index in [1.54, 1.807) is 25.1 Å². The van der Waals surface area contributed by atoms with Crippen LogP contribution in [0.4, 0.5) is 13.2 Å². The smallest absolute Gasteiger partial charge is 0.416 e. The summed E-state index contributed by atoms with van der Waals surface area (Å²) in [5, 5.41) is 0.448. The summed E-state index contributed by atoms with van der Waals surface area (Å²) >= 11 is 11.4. The van der Waals surface area contributed by atoms with Crippen molar-refractivity contribution in [3.05, 3.63) is 58.1 Å².